The summed E-state index contributed by atoms with van der Waals surface area (Å²) in [4.78, 5) is 27.1. The fourth-order valence-corrected chi connectivity index (χ4v) is 4.43. The number of aryl methyl sites for hydroxylation is 2. The van der Waals surface area contributed by atoms with Crippen molar-refractivity contribution in [3.63, 3.8) is 0 Å². The molecule has 1 saturated heterocycles. The quantitative estimate of drug-likeness (QED) is 0.740. The van der Waals surface area contributed by atoms with Gasteiger partial charge in [0, 0.05) is 25.2 Å². The Kier molecular flexibility index (Phi) is 6.02. The van der Waals surface area contributed by atoms with Crippen LogP contribution in [0.3, 0.4) is 0 Å². The van der Waals surface area contributed by atoms with Crippen LogP contribution in [0.2, 0.25) is 0 Å². The van der Waals surface area contributed by atoms with Gasteiger partial charge >= 0.3 is 0 Å². The van der Waals surface area contributed by atoms with Gasteiger partial charge in [-0.3, -0.25) is 9.59 Å². The highest BCUT2D eigenvalue weighted by atomic mass is 16.5. The molecule has 1 aliphatic heterocycles. The first-order valence-corrected chi connectivity index (χ1v) is 10.5. The lowest BCUT2D eigenvalue weighted by Crippen LogP contribution is -2.32. The summed E-state index contributed by atoms with van der Waals surface area (Å²) in [6.07, 6.45) is 3.55. The Bertz CT molecular complexity index is 978. The number of ether oxygens (including phenoxy) is 3. The summed E-state index contributed by atoms with van der Waals surface area (Å²) in [5.41, 5.74) is 4.41. The number of nitrogens with one attached hydrogen (secondary N) is 1. The standard InChI is InChI=1S/C24H28N2O5/c1-29-20-9-15(10-21(30-2)23(20)31-3)13-25-24(28)18-12-22(27)26(14-18)19-8-7-16-5-4-6-17(16)11-19/h7-11,18H,4-6,12-14H2,1-3H3,(H,25,28)/t18-/m0/s1. The summed E-state index contributed by atoms with van der Waals surface area (Å²) in [7, 11) is 4.65. The molecule has 7 nitrogen and oxygen atoms in total. The van der Waals surface area contributed by atoms with Crippen LogP contribution in [0.15, 0.2) is 30.3 Å². The van der Waals surface area contributed by atoms with Gasteiger partial charge in [0.2, 0.25) is 17.6 Å². The molecule has 164 valence electrons. The topological polar surface area (TPSA) is 77.1 Å². The fraction of sp³-hybridized carbons (Fsp3) is 0.417. The van der Waals surface area contributed by atoms with Crippen LogP contribution >= 0.6 is 0 Å². The summed E-state index contributed by atoms with van der Waals surface area (Å²) < 4.78 is 16.1. The van der Waals surface area contributed by atoms with Crippen molar-refractivity contribution in [2.45, 2.75) is 32.2 Å². The summed E-state index contributed by atoms with van der Waals surface area (Å²) in [5, 5.41) is 2.95. The third kappa shape index (κ3) is 4.17. The van der Waals surface area contributed by atoms with Gasteiger partial charge < -0.3 is 24.4 Å². The van der Waals surface area contributed by atoms with E-state index in [1.807, 2.05) is 6.07 Å². The minimum Gasteiger partial charge on any atom is -0.493 e. The Hall–Kier alpha value is -3.22. The number of carbonyl (C=O) groups excluding carboxylic acids is 2. The number of benzene rings is 2. The second-order valence-corrected chi connectivity index (χ2v) is 7.96. The number of fused-ring (bicyclic) bond motifs is 1. The van der Waals surface area contributed by atoms with E-state index < -0.39 is 0 Å². The molecule has 7 heteroatoms. The molecule has 2 aliphatic rings. The molecule has 0 radical (unpaired) electrons. The van der Waals surface area contributed by atoms with E-state index in [0.29, 0.717) is 30.3 Å². The zero-order chi connectivity index (χ0) is 22.0. The smallest absolute Gasteiger partial charge is 0.227 e. The summed E-state index contributed by atoms with van der Waals surface area (Å²) >= 11 is 0. The van der Waals surface area contributed by atoms with Crippen LogP contribution in [0, 0.1) is 5.92 Å². The Morgan fingerprint density at radius 3 is 2.42 bits per heavy atom. The second kappa shape index (κ2) is 8.88. The zero-order valence-electron chi connectivity index (χ0n) is 18.2. The third-order valence-electron chi connectivity index (χ3n) is 6.08. The number of nitrogens with zero attached hydrogens (tertiary/aromatic N) is 1. The number of amides is 2. The van der Waals surface area contributed by atoms with Crippen molar-refractivity contribution in [3.05, 3.63) is 47.0 Å². The largest absolute Gasteiger partial charge is 0.493 e. The van der Waals surface area contributed by atoms with Crippen molar-refractivity contribution in [1.82, 2.24) is 5.32 Å². The zero-order valence-corrected chi connectivity index (χ0v) is 18.2. The predicted molar refractivity (Wildman–Crippen MR) is 117 cm³/mol. The van der Waals surface area contributed by atoms with Crippen molar-refractivity contribution in [3.8, 4) is 17.2 Å². The molecule has 1 heterocycles. The highest BCUT2D eigenvalue weighted by molar-refractivity contribution is 6.00. The lowest BCUT2D eigenvalue weighted by molar-refractivity contribution is -0.126. The average Bonchev–Trinajstić information content (AvgIpc) is 3.42. The highest BCUT2D eigenvalue weighted by Gasteiger charge is 2.35. The first-order chi connectivity index (χ1) is 15.0. The summed E-state index contributed by atoms with van der Waals surface area (Å²) in [6, 6.07) is 9.83. The Labute approximate surface area is 182 Å². The molecular weight excluding hydrogens is 396 g/mol. The number of anilines is 1. The maximum atomic E-state index is 12.8. The molecule has 0 aromatic heterocycles. The van der Waals surface area contributed by atoms with Gasteiger partial charge in [-0.25, -0.2) is 0 Å². The SMILES string of the molecule is COc1cc(CNC(=O)[C@H]2CC(=O)N(c3ccc4c(c3)CCC4)C2)cc(OC)c1OC. The maximum absolute atomic E-state index is 12.8. The molecule has 0 spiro atoms. The van der Waals surface area contributed by atoms with E-state index in [1.165, 1.54) is 17.5 Å². The summed E-state index contributed by atoms with van der Waals surface area (Å²) in [5.74, 6) is 1.06. The van der Waals surface area contributed by atoms with E-state index in [1.54, 1.807) is 38.4 Å². The van der Waals surface area contributed by atoms with Crippen LogP contribution in [-0.2, 0) is 29.0 Å². The minimum atomic E-state index is -0.372. The molecule has 0 bridgehead atoms. The number of hydrogen-bond donors (Lipinski definition) is 1. The number of hydrogen-bond acceptors (Lipinski definition) is 5. The molecule has 31 heavy (non-hydrogen) atoms. The van der Waals surface area contributed by atoms with E-state index >= 15 is 0 Å². The van der Waals surface area contributed by atoms with Gasteiger partial charge in [-0.1, -0.05) is 6.07 Å². The molecule has 2 aromatic carbocycles. The normalized spacial score (nSPS) is 17.5. The Morgan fingerprint density at radius 1 is 1.03 bits per heavy atom. The number of rotatable bonds is 7. The first-order valence-electron chi connectivity index (χ1n) is 10.5. The van der Waals surface area contributed by atoms with Gasteiger partial charge in [-0.2, -0.15) is 0 Å². The van der Waals surface area contributed by atoms with E-state index in [9.17, 15) is 9.59 Å². The van der Waals surface area contributed by atoms with Crippen LogP contribution in [0.5, 0.6) is 17.2 Å². The van der Waals surface area contributed by atoms with Gasteiger partial charge in [-0.05, 0) is 60.2 Å². The lowest BCUT2D eigenvalue weighted by atomic mass is 10.1. The minimum absolute atomic E-state index is 0.00844. The van der Waals surface area contributed by atoms with Gasteiger partial charge in [0.05, 0.1) is 27.2 Å². The third-order valence-corrected chi connectivity index (χ3v) is 6.08. The molecule has 1 fully saturated rings. The van der Waals surface area contributed by atoms with Crippen LogP contribution in [0.25, 0.3) is 0 Å². The van der Waals surface area contributed by atoms with E-state index in [4.69, 9.17) is 14.2 Å². The number of methoxy groups -OCH3 is 3. The fourth-order valence-electron chi connectivity index (χ4n) is 4.43. The van der Waals surface area contributed by atoms with E-state index in [0.717, 1.165) is 24.1 Å². The molecule has 4 rings (SSSR count). The van der Waals surface area contributed by atoms with Crippen LogP contribution in [0.1, 0.15) is 29.5 Å². The molecule has 2 aromatic rings. The van der Waals surface area contributed by atoms with E-state index in [2.05, 4.69) is 17.4 Å². The van der Waals surface area contributed by atoms with Crippen LogP contribution in [0.4, 0.5) is 5.69 Å². The summed E-state index contributed by atoms with van der Waals surface area (Å²) in [6.45, 7) is 0.706. The number of carbonyl (C=O) groups is 2. The predicted octanol–water partition coefficient (Wildman–Crippen LogP) is 2.87. The molecular formula is C24H28N2O5. The van der Waals surface area contributed by atoms with Crippen LogP contribution in [-0.4, -0.2) is 39.7 Å². The Balaban J connectivity index is 1.41. The van der Waals surface area contributed by atoms with Gasteiger partial charge in [0.25, 0.3) is 0 Å². The van der Waals surface area contributed by atoms with Crippen molar-refractivity contribution in [2.24, 2.45) is 5.92 Å². The lowest BCUT2D eigenvalue weighted by Gasteiger charge is -2.18. The van der Waals surface area contributed by atoms with Crippen molar-refractivity contribution >= 4 is 17.5 Å². The molecule has 2 amide bonds. The van der Waals surface area contributed by atoms with Crippen molar-refractivity contribution in [2.75, 3.05) is 32.8 Å². The Morgan fingerprint density at radius 2 is 1.74 bits per heavy atom. The first kappa shape index (κ1) is 21.0. The van der Waals surface area contributed by atoms with Crippen molar-refractivity contribution < 1.29 is 23.8 Å². The maximum Gasteiger partial charge on any atom is 0.227 e. The molecule has 1 atom stereocenters. The van der Waals surface area contributed by atoms with Crippen molar-refractivity contribution in [1.29, 1.82) is 0 Å². The van der Waals surface area contributed by atoms with Crippen LogP contribution < -0.4 is 24.4 Å². The molecule has 0 unspecified atom stereocenters. The monoisotopic (exact) mass is 424 g/mol. The van der Waals surface area contributed by atoms with Gasteiger partial charge in [-0.15, -0.1) is 0 Å². The highest BCUT2D eigenvalue weighted by Crippen LogP contribution is 2.38. The van der Waals surface area contributed by atoms with Gasteiger partial charge in [0.1, 0.15) is 0 Å². The molecule has 1 N–H and O–H groups in total. The van der Waals surface area contributed by atoms with E-state index in [-0.39, 0.29) is 24.2 Å². The molecule has 1 aliphatic carbocycles. The molecule has 0 saturated carbocycles. The average molecular weight is 424 g/mol. The second-order valence-electron chi connectivity index (χ2n) is 7.96. The van der Waals surface area contributed by atoms with Gasteiger partial charge in [0.15, 0.2) is 11.5 Å².